The maximum absolute atomic E-state index is 4.19. The van der Waals surface area contributed by atoms with E-state index in [1.807, 2.05) is 6.07 Å². The van der Waals surface area contributed by atoms with Gasteiger partial charge in [0.15, 0.2) is 5.16 Å². The van der Waals surface area contributed by atoms with Gasteiger partial charge >= 0.3 is 0 Å². The van der Waals surface area contributed by atoms with Crippen molar-refractivity contribution in [3.63, 3.8) is 0 Å². The van der Waals surface area contributed by atoms with Crippen LogP contribution in [0.1, 0.15) is 27.7 Å². The van der Waals surface area contributed by atoms with Crippen LogP contribution in [-0.2, 0) is 0 Å². The van der Waals surface area contributed by atoms with Crippen LogP contribution in [0.25, 0.3) is 0 Å². The Balaban J connectivity index is 2.23. The molecule has 90 valence electrons. The van der Waals surface area contributed by atoms with Gasteiger partial charge < -0.3 is 5.32 Å². The van der Waals surface area contributed by atoms with Gasteiger partial charge in [0, 0.05) is 23.7 Å². The van der Waals surface area contributed by atoms with Crippen LogP contribution in [0.2, 0.25) is 0 Å². The van der Waals surface area contributed by atoms with Gasteiger partial charge in [0.2, 0.25) is 0 Å². The van der Waals surface area contributed by atoms with Gasteiger partial charge in [-0.3, -0.25) is 0 Å². The van der Waals surface area contributed by atoms with Gasteiger partial charge in [0.1, 0.15) is 0 Å². The number of aromatic nitrogens is 2. The molecule has 1 unspecified atom stereocenters. The standard InChI is InChI=1S/C12H21N3S/c1-10(8-15-12(2,3)4)9-16-11-13-6-5-7-14-11/h5-7,10,15H,8-9H2,1-4H3. The molecule has 0 amide bonds. The van der Waals surface area contributed by atoms with E-state index in [9.17, 15) is 0 Å². The molecular weight excluding hydrogens is 218 g/mol. The zero-order chi connectivity index (χ0) is 12.0. The molecular formula is C12H21N3S. The molecule has 0 spiro atoms. The molecule has 1 N–H and O–H groups in total. The van der Waals surface area contributed by atoms with Crippen LogP contribution < -0.4 is 5.32 Å². The molecule has 1 rings (SSSR count). The first kappa shape index (κ1) is 13.5. The summed E-state index contributed by atoms with van der Waals surface area (Å²) in [4.78, 5) is 8.38. The lowest BCUT2D eigenvalue weighted by atomic mass is 10.1. The summed E-state index contributed by atoms with van der Waals surface area (Å²) in [5.41, 5.74) is 0.197. The molecule has 0 aromatic carbocycles. The van der Waals surface area contributed by atoms with Gasteiger partial charge in [-0.2, -0.15) is 0 Å². The number of thioether (sulfide) groups is 1. The van der Waals surface area contributed by atoms with Gasteiger partial charge in [0.05, 0.1) is 0 Å². The Hall–Kier alpha value is -0.610. The summed E-state index contributed by atoms with van der Waals surface area (Å²) >= 11 is 1.72. The van der Waals surface area contributed by atoms with E-state index < -0.39 is 0 Å². The molecule has 1 atom stereocenters. The maximum atomic E-state index is 4.19. The van der Waals surface area contributed by atoms with Crippen molar-refractivity contribution in [1.29, 1.82) is 0 Å². The van der Waals surface area contributed by atoms with Crippen LogP contribution in [0.15, 0.2) is 23.6 Å². The zero-order valence-corrected chi connectivity index (χ0v) is 11.3. The Labute approximate surface area is 102 Å². The van der Waals surface area contributed by atoms with E-state index in [1.165, 1.54) is 0 Å². The monoisotopic (exact) mass is 239 g/mol. The minimum atomic E-state index is 0.197. The summed E-state index contributed by atoms with van der Waals surface area (Å²) in [6.07, 6.45) is 3.57. The summed E-state index contributed by atoms with van der Waals surface area (Å²) in [5, 5.41) is 4.37. The molecule has 0 aliphatic heterocycles. The van der Waals surface area contributed by atoms with E-state index >= 15 is 0 Å². The van der Waals surface area contributed by atoms with E-state index in [4.69, 9.17) is 0 Å². The first-order chi connectivity index (χ1) is 7.47. The Bertz CT molecular complexity index is 295. The molecule has 0 saturated carbocycles. The SMILES string of the molecule is CC(CNC(C)(C)C)CSc1ncccn1. The van der Waals surface area contributed by atoms with E-state index in [-0.39, 0.29) is 5.54 Å². The number of rotatable bonds is 5. The number of hydrogen-bond donors (Lipinski definition) is 1. The Kier molecular flexibility index (Phi) is 5.22. The van der Waals surface area contributed by atoms with Crippen LogP contribution in [-0.4, -0.2) is 27.8 Å². The zero-order valence-electron chi connectivity index (χ0n) is 10.5. The summed E-state index contributed by atoms with van der Waals surface area (Å²) in [7, 11) is 0. The molecule has 0 saturated heterocycles. The molecule has 0 radical (unpaired) electrons. The smallest absolute Gasteiger partial charge is 0.187 e. The van der Waals surface area contributed by atoms with E-state index in [2.05, 4.69) is 43.0 Å². The van der Waals surface area contributed by atoms with Gasteiger partial charge in [-0.1, -0.05) is 18.7 Å². The van der Waals surface area contributed by atoms with Gasteiger partial charge in [-0.25, -0.2) is 9.97 Å². The predicted octanol–water partition coefficient (Wildman–Crippen LogP) is 2.59. The molecule has 1 heterocycles. The minimum absolute atomic E-state index is 0.197. The lowest BCUT2D eigenvalue weighted by Gasteiger charge is -2.23. The Morgan fingerprint density at radius 3 is 2.50 bits per heavy atom. The Morgan fingerprint density at radius 2 is 1.94 bits per heavy atom. The highest BCUT2D eigenvalue weighted by molar-refractivity contribution is 7.99. The second-order valence-corrected chi connectivity index (χ2v) is 6.07. The number of hydrogen-bond acceptors (Lipinski definition) is 4. The minimum Gasteiger partial charge on any atom is -0.312 e. The van der Waals surface area contributed by atoms with Crippen molar-refractivity contribution in [2.24, 2.45) is 5.92 Å². The van der Waals surface area contributed by atoms with Crippen molar-refractivity contribution in [3.8, 4) is 0 Å². The van der Waals surface area contributed by atoms with E-state index in [0.717, 1.165) is 17.5 Å². The lowest BCUT2D eigenvalue weighted by molar-refractivity contribution is 0.395. The quantitative estimate of drug-likeness (QED) is 0.633. The summed E-state index contributed by atoms with van der Waals surface area (Å²) in [5.74, 6) is 1.67. The fourth-order valence-corrected chi connectivity index (χ4v) is 1.94. The molecule has 4 heteroatoms. The van der Waals surface area contributed by atoms with Crippen molar-refractivity contribution in [2.45, 2.75) is 38.4 Å². The van der Waals surface area contributed by atoms with Crippen LogP contribution in [0, 0.1) is 5.92 Å². The molecule has 0 aliphatic rings. The lowest BCUT2D eigenvalue weighted by Crippen LogP contribution is -2.39. The molecule has 1 aromatic rings. The van der Waals surface area contributed by atoms with Crippen LogP contribution in [0.3, 0.4) is 0 Å². The summed E-state index contributed by atoms with van der Waals surface area (Å²) < 4.78 is 0. The fraction of sp³-hybridized carbons (Fsp3) is 0.667. The second-order valence-electron chi connectivity index (χ2n) is 5.08. The maximum Gasteiger partial charge on any atom is 0.187 e. The highest BCUT2D eigenvalue weighted by Gasteiger charge is 2.11. The normalized spacial score (nSPS) is 13.8. The van der Waals surface area contributed by atoms with Crippen molar-refractivity contribution >= 4 is 11.8 Å². The molecule has 0 fully saturated rings. The largest absolute Gasteiger partial charge is 0.312 e. The van der Waals surface area contributed by atoms with Crippen molar-refractivity contribution < 1.29 is 0 Å². The number of nitrogens with one attached hydrogen (secondary N) is 1. The van der Waals surface area contributed by atoms with Crippen LogP contribution in [0.4, 0.5) is 0 Å². The van der Waals surface area contributed by atoms with Gasteiger partial charge in [-0.15, -0.1) is 0 Å². The third kappa shape index (κ3) is 6.08. The van der Waals surface area contributed by atoms with Crippen molar-refractivity contribution in [2.75, 3.05) is 12.3 Å². The topological polar surface area (TPSA) is 37.8 Å². The summed E-state index contributed by atoms with van der Waals surface area (Å²) in [6.45, 7) is 9.84. The van der Waals surface area contributed by atoms with Crippen molar-refractivity contribution in [3.05, 3.63) is 18.5 Å². The highest BCUT2D eigenvalue weighted by Crippen LogP contribution is 2.15. The predicted molar refractivity (Wildman–Crippen MR) is 69.7 cm³/mol. The highest BCUT2D eigenvalue weighted by atomic mass is 32.2. The van der Waals surface area contributed by atoms with Crippen LogP contribution >= 0.6 is 11.8 Å². The van der Waals surface area contributed by atoms with Gasteiger partial charge in [0.25, 0.3) is 0 Å². The van der Waals surface area contributed by atoms with Crippen molar-refractivity contribution in [1.82, 2.24) is 15.3 Å². The molecule has 0 bridgehead atoms. The fourth-order valence-electron chi connectivity index (χ4n) is 1.12. The third-order valence-corrected chi connectivity index (χ3v) is 3.22. The average Bonchev–Trinajstić information content (AvgIpc) is 2.24. The first-order valence-corrected chi connectivity index (χ1v) is 6.61. The molecule has 1 aromatic heterocycles. The third-order valence-electron chi connectivity index (χ3n) is 2.02. The van der Waals surface area contributed by atoms with Crippen LogP contribution in [0.5, 0.6) is 0 Å². The molecule has 3 nitrogen and oxygen atoms in total. The number of nitrogens with zero attached hydrogens (tertiary/aromatic N) is 2. The first-order valence-electron chi connectivity index (χ1n) is 5.62. The molecule has 0 aliphatic carbocycles. The summed E-state index contributed by atoms with van der Waals surface area (Å²) in [6, 6.07) is 1.84. The second kappa shape index (κ2) is 6.21. The Morgan fingerprint density at radius 1 is 1.31 bits per heavy atom. The molecule has 16 heavy (non-hydrogen) atoms. The van der Waals surface area contributed by atoms with E-state index in [1.54, 1.807) is 24.2 Å². The average molecular weight is 239 g/mol. The van der Waals surface area contributed by atoms with Gasteiger partial charge in [-0.05, 0) is 39.3 Å². The van der Waals surface area contributed by atoms with E-state index in [0.29, 0.717) is 5.92 Å².